The number of fused-ring (bicyclic) bond motifs is 10. The van der Waals surface area contributed by atoms with E-state index in [1.807, 2.05) is 144 Å². The Bertz CT molecular complexity index is 7650. The van der Waals surface area contributed by atoms with Crippen LogP contribution in [0.4, 0.5) is 13.2 Å². The third-order valence-corrected chi connectivity index (χ3v) is 32.3. The summed E-state index contributed by atoms with van der Waals surface area (Å²) in [5.74, 6) is 2.05. The van der Waals surface area contributed by atoms with Gasteiger partial charge in [-0.3, -0.25) is 10.1 Å². The second-order valence-corrected chi connectivity index (χ2v) is 41.6. The zero-order valence-electron chi connectivity index (χ0n) is 84.1. The highest BCUT2D eigenvalue weighted by molar-refractivity contribution is 5.86. The lowest BCUT2D eigenvalue weighted by atomic mass is 9.84. The van der Waals surface area contributed by atoms with E-state index in [9.17, 15) is 64.2 Å². The minimum Gasteiger partial charge on any atom is -0.487 e. The van der Waals surface area contributed by atoms with Crippen LogP contribution in [0.3, 0.4) is 0 Å². The van der Waals surface area contributed by atoms with E-state index in [0.717, 1.165) is 176 Å². The normalized spacial score (nSPS) is 26.7. The van der Waals surface area contributed by atoms with Gasteiger partial charge in [0, 0.05) is 145 Å². The molecular weight excluding hydrogens is 1920 g/mol. The van der Waals surface area contributed by atoms with Crippen molar-refractivity contribution in [2.45, 2.75) is 280 Å². The van der Waals surface area contributed by atoms with Gasteiger partial charge in [-0.2, -0.15) is 5.10 Å². The fourth-order valence-corrected chi connectivity index (χ4v) is 24.0. The van der Waals surface area contributed by atoms with Gasteiger partial charge in [0.05, 0.1) is 70.0 Å². The third-order valence-electron chi connectivity index (χ3n) is 32.3. The highest BCUT2D eigenvalue weighted by Gasteiger charge is 2.51. The summed E-state index contributed by atoms with van der Waals surface area (Å²) in [6.07, 6.45) is 25.3. The molecule has 8 aliphatic carbocycles. The van der Waals surface area contributed by atoms with Crippen molar-refractivity contribution in [3.63, 3.8) is 0 Å². The Morgan fingerprint density at radius 3 is 1.27 bits per heavy atom. The van der Waals surface area contributed by atoms with Crippen LogP contribution in [0.15, 0.2) is 191 Å². The van der Waals surface area contributed by atoms with Gasteiger partial charge in [-0.15, -0.1) is 0 Å². The smallest absolute Gasteiger partial charge is 0.223 e. The minimum absolute atomic E-state index is 0.135. The standard InChI is InChI=1S/C25H27N5O3.2C23H27N3O3.C22H22F3N3O3.C20H19N5O3/c1-14-18-6-7-30(25(18)27-13-26-14)20-10-22(24(32)23(20)31)33-21-9-16(17-11-28-29-12-17)8-15-4-2-3-5-19(15)21;2*1-13-6-7-17-15(10-13)4-3-5-19(17)29-20-11-18(21(27)22(20)28)26-9-8-16-14(2)24-12-25-23(16)26;1-10-2-5-27-22-18(10)14(24)9-28(22)15-7-17(21(30)20(15)29)31-16-6-13(23)19(25)11-3-4-26-8-12(11)16;1-11-13-4-7-25(19(13)24-10-23-11)15-8-16(18(27)17(15)26)28-20-14-9-21-5-2-12(14)3-6-22-20/h6-9,11-13,20,22-24,31-32H,2-5,10H2,1H3,(H,28,29);2*3-5,8-9,12-13,18,20-22,27-28H,6-7,10-11H2,1-2H3;2,5-6,9,15,17,20-21,26,29-30H,3-4,7-8H2,1H3;2-7,9-10,15-18,26-27H,8H2,1H3/t20-,22+,23+,24-;13-,18+,20-,21-,22+;13-,18-,20+,21+,22-;15-,17+,20+,21-;15-,16+,17+,18-/m10111/s1. The number of aromatic amines is 1. The maximum atomic E-state index is 14.5. The Morgan fingerprint density at radius 2 is 0.800 bits per heavy atom. The molecule has 26 rings (SSSR count). The zero-order chi connectivity index (χ0) is 104. The van der Waals surface area contributed by atoms with Gasteiger partial charge in [0.25, 0.3) is 0 Å². The Balaban J connectivity index is 0.000000106. The molecule has 12 N–H and O–H groups in total. The summed E-state index contributed by atoms with van der Waals surface area (Å²) >= 11 is 0. The number of rotatable bonds is 16. The number of nitrogens with zero attached hydrogens (tertiary/aromatic N) is 17. The number of ether oxygens (including phenoxy) is 5. The van der Waals surface area contributed by atoms with Crippen LogP contribution >= 0.6 is 0 Å². The van der Waals surface area contributed by atoms with Crippen LogP contribution in [-0.4, -0.2) is 237 Å². The molecule has 37 heteroatoms. The van der Waals surface area contributed by atoms with E-state index < -0.39 is 115 Å². The number of H-pyrrole nitrogens is 1. The number of pyridine rings is 3. The maximum absolute atomic E-state index is 14.5. The monoisotopic (exact) mass is 2040 g/mol. The second kappa shape index (κ2) is 42.2. The van der Waals surface area contributed by atoms with Crippen LogP contribution in [0, 0.1) is 63.9 Å². The number of benzene rings is 4. The number of hydrogen-bond acceptors (Lipinski definition) is 28. The second-order valence-electron chi connectivity index (χ2n) is 41.6. The molecule has 5 fully saturated rings. The molecule has 17 aromatic rings. The van der Waals surface area contributed by atoms with Crippen molar-refractivity contribution in [1.29, 1.82) is 0 Å². The molecule has 0 unspecified atom stereocenters. The van der Waals surface area contributed by atoms with Crippen LogP contribution in [0.5, 0.6) is 28.9 Å². The topological polar surface area (TPSA) is 456 Å². The number of aryl methyl sites for hydroxylation is 6. The Hall–Kier alpha value is -13.8. The van der Waals surface area contributed by atoms with Crippen LogP contribution in [0.2, 0.25) is 0 Å². The first-order valence-electron chi connectivity index (χ1n) is 51.8. The molecule has 0 bridgehead atoms. The van der Waals surface area contributed by atoms with Gasteiger partial charge in [-0.1, -0.05) is 44.2 Å². The molecule has 14 heterocycles. The van der Waals surface area contributed by atoms with Gasteiger partial charge < -0.3 is 103 Å². The van der Waals surface area contributed by atoms with Crippen molar-refractivity contribution in [2.75, 3.05) is 6.54 Å². The number of aliphatic hydroxyl groups excluding tert-OH is 10. The van der Waals surface area contributed by atoms with Crippen LogP contribution in [-0.2, 0) is 51.5 Å². The van der Waals surface area contributed by atoms with Crippen molar-refractivity contribution < 1.29 is 87.9 Å². The minimum atomic E-state index is -1.30. The summed E-state index contributed by atoms with van der Waals surface area (Å²) in [6.45, 7) is 14.9. The molecule has 780 valence electrons. The van der Waals surface area contributed by atoms with E-state index in [1.165, 1.54) is 69.5 Å². The summed E-state index contributed by atoms with van der Waals surface area (Å²) in [5, 5.41) is 123. The Kier molecular flexibility index (Phi) is 28.3. The van der Waals surface area contributed by atoms with Crippen molar-refractivity contribution in [2.24, 2.45) is 11.8 Å². The Labute approximate surface area is 861 Å². The lowest BCUT2D eigenvalue weighted by molar-refractivity contribution is -0.0170. The van der Waals surface area contributed by atoms with E-state index in [-0.39, 0.29) is 41.9 Å². The number of aliphatic hydroxyl groups is 10. The number of halogens is 3. The lowest BCUT2D eigenvalue weighted by Gasteiger charge is -2.26. The molecule has 13 aromatic heterocycles. The molecule has 1 aliphatic heterocycles. The predicted octanol–water partition coefficient (Wildman–Crippen LogP) is 13.4. The summed E-state index contributed by atoms with van der Waals surface area (Å²) in [7, 11) is 0. The summed E-state index contributed by atoms with van der Waals surface area (Å²) < 4.78 is 83.1. The van der Waals surface area contributed by atoms with Crippen LogP contribution in [0.25, 0.3) is 77.1 Å². The first-order chi connectivity index (χ1) is 72.6. The summed E-state index contributed by atoms with van der Waals surface area (Å²) in [6, 6.07) is 28.9. The SMILES string of the molecule is Cc1ccnc2c1c(F)cn2[C@@H]1C[C@H](Oc2cc(F)c(F)c3c2CNCC3)[C@@H](O)[C@H]1O.Cc1ncnc2c1ccn2[C@@H]1C[C@H](Oc2cc(-c3cn[nH]c3)cc3c2CCCC3)[C@@H](O)[C@H]1O.Cc1ncnc2c1ccn2[C@@H]1C[C@H](Oc2cccc3c2CC[C@@H](C)C3)[C@@H](O)[C@H]1O.Cc1ncnc2c1ccn2[C@@H]1C[C@H](Oc2cccc3c2CC[C@H](C)C3)[C@@H](O)[C@H]1O.Cc1ncnc2c1ccn2[C@@H]1C[C@H](Oc2nccc3ccncc23)[C@@H](O)[C@H]1O. The molecule has 4 aromatic carbocycles. The van der Waals surface area contributed by atoms with Crippen molar-refractivity contribution >= 4 is 65.9 Å². The van der Waals surface area contributed by atoms with Gasteiger partial charge in [0.15, 0.2) is 17.5 Å². The van der Waals surface area contributed by atoms with Gasteiger partial charge in [-0.25, -0.2) is 63.0 Å². The maximum Gasteiger partial charge on any atom is 0.223 e. The summed E-state index contributed by atoms with van der Waals surface area (Å²) in [4.78, 5) is 47.2. The average Bonchev–Trinajstić information content (AvgIpc) is 1.63. The molecule has 34 nitrogen and oxygen atoms in total. The lowest BCUT2D eigenvalue weighted by Crippen LogP contribution is -2.35. The molecular formula is C113H122F3N19O15. The van der Waals surface area contributed by atoms with Crippen molar-refractivity contribution in [3.05, 3.63) is 281 Å². The van der Waals surface area contributed by atoms with E-state index in [0.29, 0.717) is 85.1 Å². The molecule has 0 spiro atoms. The van der Waals surface area contributed by atoms with Crippen molar-refractivity contribution in [3.8, 4) is 40.0 Å². The van der Waals surface area contributed by atoms with Crippen LogP contribution < -0.4 is 29.0 Å². The van der Waals surface area contributed by atoms with Gasteiger partial charge in [-0.05, 0) is 234 Å². The first-order valence-corrected chi connectivity index (χ1v) is 51.8. The fourth-order valence-electron chi connectivity index (χ4n) is 24.0. The highest BCUT2D eigenvalue weighted by atomic mass is 19.2. The quantitative estimate of drug-likeness (QED) is 0.0427. The fraction of sp³-hybridized carbons (Fsp3) is 0.416. The van der Waals surface area contributed by atoms with Gasteiger partial charge >= 0.3 is 0 Å². The molecule has 0 amide bonds. The predicted molar refractivity (Wildman–Crippen MR) is 551 cm³/mol. The number of nitrogens with one attached hydrogen (secondary N) is 2. The van der Waals surface area contributed by atoms with Crippen molar-refractivity contribution in [1.82, 2.24) is 93.2 Å². The highest BCUT2D eigenvalue weighted by Crippen LogP contribution is 2.48. The van der Waals surface area contributed by atoms with Crippen LogP contribution in [0.1, 0.15) is 175 Å². The average molecular weight is 2040 g/mol. The first kappa shape index (κ1) is 101. The molecule has 5 saturated carbocycles. The summed E-state index contributed by atoms with van der Waals surface area (Å²) in [5.41, 5.74) is 18.2. The van der Waals surface area contributed by atoms with E-state index in [1.54, 1.807) is 44.0 Å². The van der Waals surface area contributed by atoms with E-state index >= 15 is 0 Å². The van der Waals surface area contributed by atoms with Gasteiger partial charge in [0.2, 0.25) is 5.88 Å². The van der Waals surface area contributed by atoms with E-state index in [2.05, 4.69) is 102 Å². The number of aromatic nitrogens is 18. The Morgan fingerprint density at radius 1 is 0.367 bits per heavy atom. The number of hydrogen-bond donors (Lipinski definition) is 12. The molecule has 22 atom stereocenters. The molecule has 0 radical (unpaired) electrons. The van der Waals surface area contributed by atoms with Gasteiger partial charge in [0.1, 0.15) is 168 Å². The van der Waals surface area contributed by atoms with E-state index in [4.69, 9.17) is 23.7 Å². The molecule has 9 aliphatic rings. The largest absolute Gasteiger partial charge is 0.487 e. The molecule has 0 saturated heterocycles. The third kappa shape index (κ3) is 19.2. The zero-order valence-corrected chi connectivity index (χ0v) is 84.1. The molecule has 150 heavy (non-hydrogen) atoms.